The van der Waals surface area contributed by atoms with Crippen molar-refractivity contribution >= 4 is 0 Å². The quantitative estimate of drug-likeness (QED) is 0.556. The van der Waals surface area contributed by atoms with E-state index >= 15 is 0 Å². The Kier molecular flexibility index (Phi) is 2.28. The van der Waals surface area contributed by atoms with E-state index in [1.54, 1.807) is 6.08 Å². The maximum absolute atomic E-state index is 8.66. The Balaban J connectivity index is 2.80. The third-order valence-corrected chi connectivity index (χ3v) is 1.90. The zero-order valence-electron chi connectivity index (χ0n) is 6.62. The Bertz CT molecular complexity index is 253. The van der Waals surface area contributed by atoms with E-state index in [2.05, 4.69) is 18.7 Å². The molecule has 0 aliphatic heterocycles. The molecule has 2 atom stereocenters. The lowest BCUT2D eigenvalue weighted by atomic mass is 9.88. The molecule has 0 aromatic rings. The largest absolute Gasteiger partial charge is 0.198 e. The maximum Gasteiger partial charge on any atom is 0.0707 e. The molecule has 1 nitrogen and oxygen atoms in total. The maximum atomic E-state index is 8.66. The highest BCUT2D eigenvalue weighted by molar-refractivity contribution is 5.34. The van der Waals surface area contributed by atoms with E-state index in [1.165, 1.54) is 0 Å². The third kappa shape index (κ3) is 1.59. The minimum absolute atomic E-state index is 0.0405. The van der Waals surface area contributed by atoms with E-state index in [0.29, 0.717) is 5.92 Å². The number of allylic oxidation sites excluding steroid dienone is 5. The summed E-state index contributed by atoms with van der Waals surface area (Å²) in [5, 5.41) is 8.66. The molecule has 0 aromatic heterocycles. The Morgan fingerprint density at radius 1 is 1.73 bits per heavy atom. The van der Waals surface area contributed by atoms with Crippen LogP contribution in [-0.4, -0.2) is 0 Å². The van der Waals surface area contributed by atoms with E-state index in [-0.39, 0.29) is 5.92 Å². The molecule has 0 N–H and O–H groups in total. The van der Waals surface area contributed by atoms with Crippen molar-refractivity contribution < 1.29 is 0 Å². The molecule has 0 bridgehead atoms. The second-order valence-corrected chi connectivity index (χ2v) is 2.74. The first kappa shape index (κ1) is 7.81. The van der Waals surface area contributed by atoms with Crippen molar-refractivity contribution in [3.8, 4) is 6.07 Å². The molecular formula is C10H11N. The van der Waals surface area contributed by atoms with Gasteiger partial charge in [-0.25, -0.2) is 0 Å². The number of hydrogen-bond donors (Lipinski definition) is 0. The molecule has 0 amide bonds. The van der Waals surface area contributed by atoms with Gasteiger partial charge in [-0.1, -0.05) is 37.8 Å². The Morgan fingerprint density at radius 2 is 2.45 bits per heavy atom. The topological polar surface area (TPSA) is 23.8 Å². The summed E-state index contributed by atoms with van der Waals surface area (Å²) in [6.07, 6.45) is 7.75. The van der Waals surface area contributed by atoms with Gasteiger partial charge < -0.3 is 0 Å². The van der Waals surface area contributed by atoms with Crippen molar-refractivity contribution in [2.24, 2.45) is 11.8 Å². The van der Waals surface area contributed by atoms with Crippen molar-refractivity contribution in [2.75, 3.05) is 0 Å². The van der Waals surface area contributed by atoms with Crippen LogP contribution in [-0.2, 0) is 0 Å². The molecule has 11 heavy (non-hydrogen) atoms. The molecule has 1 aliphatic rings. The van der Waals surface area contributed by atoms with Gasteiger partial charge in [-0.15, -0.1) is 0 Å². The summed E-state index contributed by atoms with van der Waals surface area (Å²) < 4.78 is 0. The Morgan fingerprint density at radius 3 is 2.91 bits per heavy atom. The summed E-state index contributed by atoms with van der Waals surface area (Å²) >= 11 is 0. The molecule has 56 valence electrons. The van der Waals surface area contributed by atoms with Gasteiger partial charge >= 0.3 is 0 Å². The molecule has 0 aromatic carbocycles. The minimum atomic E-state index is 0.0405. The number of nitrogens with zero attached hydrogens (tertiary/aromatic N) is 1. The van der Waals surface area contributed by atoms with Crippen molar-refractivity contribution in [1.29, 1.82) is 5.26 Å². The van der Waals surface area contributed by atoms with Crippen LogP contribution in [0.15, 0.2) is 36.5 Å². The highest BCUT2D eigenvalue weighted by Crippen LogP contribution is 2.21. The second kappa shape index (κ2) is 3.21. The first-order valence-corrected chi connectivity index (χ1v) is 3.70. The zero-order chi connectivity index (χ0) is 8.27. The van der Waals surface area contributed by atoms with Crippen LogP contribution in [0.4, 0.5) is 0 Å². The fourth-order valence-electron chi connectivity index (χ4n) is 1.15. The van der Waals surface area contributed by atoms with Gasteiger partial charge in [-0.05, 0) is 11.5 Å². The summed E-state index contributed by atoms with van der Waals surface area (Å²) in [4.78, 5) is 0. The standard InChI is InChI=1S/C10H11N/c1-3-9-4-5-10(7-11)8(2)6-9/h3-6,8,10H,1H2,2H3/t8?,10-/m1/s1. The molecule has 0 saturated heterocycles. The highest BCUT2D eigenvalue weighted by atomic mass is 14.3. The van der Waals surface area contributed by atoms with Gasteiger partial charge in [0, 0.05) is 0 Å². The molecular weight excluding hydrogens is 134 g/mol. The van der Waals surface area contributed by atoms with Crippen LogP contribution in [0.1, 0.15) is 6.92 Å². The minimum Gasteiger partial charge on any atom is -0.198 e. The smallest absolute Gasteiger partial charge is 0.0707 e. The zero-order valence-corrected chi connectivity index (χ0v) is 6.62. The van der Waals surface area contributed by atoms with Crippen molar-refractivity contribution in [3.05, 3.63) is 36.5 Å². The molecule has 0 fully saturated rings. The number of rotatable bonds is 1. The summed E-state index contributed by atoms with van der Waals surface area (Å²) in [5.74, 6) is 0.358. The number of nitriles is 1. The first-order chi connectivity index (χ1) is 5.27. The molecule has 0 heterocycles. The highest BCUT2D eigenvalue weighted by Gasteiger charge is 2.14. The Labute approximate surface area is 67.3 Å². The molecule has 1 aliphatic carbocycles. The summed E-state index contributed by atoms with van der Waals surface area (Å²) in [5.41, 5.74) is 1.11. The third-order valence-electron chi connectivity index (χ3n) is 1.90. The van der Waals surface area contributed by atoms with E-state index in [4.69, 9.17) is 5.26 Å². The van der Waals surface area contributed by atoms with Gasteiger partial charge in [0.05, 0.1) is 12.0 Å². The van der Waals surface area contributed by atoms with Crippen LogP contribution in [0, 0.1) is 23.2 Å². The van der Waals surface area contributed by atoms with E-state index in [1.807, 2.05) is 19.1 Å². The van der Waals surface area contributed by atoms with Crippen LogP contribution in [0.5, 0.6) is 0 Å². The van der Waals surface area contributed by atoms with Crippen molar-refractivity contribution in [2.45, 2.75) is 6.92 Å². The molecule has 0 spiro atoms. The summed E-state index contributed by atoms with van der Waals surface area (Å²) in [7, 11) is 0. The van der Waals surface area contributed by atoms with Crippen molar-refractivity contribution in [1.82, 2.24) is 0 Å². The molecule has 1 heteroatoms. The summed E-state index contributed by atoms with van der Waals surface area (Å²) in [6, 6.07) is 2.23. The predicted molar refractivity (Wildman–Crippen MR) is 45.7 cm³/mol. The summed E-state index contributed by atoms with van der Waals surface area (Å²) in [6.45, 7) is 5.71. The van der Waals surface area contributed by atoms with Gasteiger partial charge in [-0.2, -0.15) is 5.26 Å². The lowest BCUT2D eigenvalue weighted by Gasteiger charge is -2.14. The van der Waals surface area contributed by atoms with Crippen LogP contribution in [0.25, 0.3) is 0 Å². The van der Waals surface area contributed by atoms with Gasteiger partial charge in [0.25, 0.3) is 0 Å². The van der Waals surface area contributed by atoms with E-state index in [0.717, 1.165) is 5.57 Å². The average Bonchev–Trinajstić information content (AvgIpc) is 2.04. The Hall–Kier alpha value is -1.29. The fourth-order valence-corrected chi connectivity index (χ4v) is 1.15. The average molecular weight is 145 g/mol. The van der Waals surface area contributed by atoms with Crippen LogP contribution in [0.3, 0.4) is 0 Å². The van der Waals surface area contributed by atoms with E-state index < -0.39 is 0 Å². The molecule has 1 rings (SSSR count). The van der Waals surface area contributed by atoms with Gasteiger partial charge in [0.15, 0.2) is 0 Å². The molecule has 0 radical (unpaired) electrons. The molecule has 0 saturated carbocycles. The molecule has 1 unspecified atom stereocenters. The van der Waals surface area contributed by atoms with Crippen LogP contribution >= 0.6 is 0 Å². The van der Waals surface area contributed by atoms with Gasteiger partial charge in [0.2, 0.25) is 0 Å². The lowest BCUT2D eigenvalue weighted by molar-refractivity contribution is 0.613. The monoisotopic (exact) mass is 145 g/mol. The van der Waals surface area contributed by atoms with Gasteiger partial charge in [0.1, 0.15) is 0 Å². The normalized spacial score (nSPS) is 28.9. The fraction of sp³-hybridized carbons (Fsp3) is 0.300. The van der Waals surface area contributed by atoms with Crippen LogP contribution < -0.4 is 0 Å². The number of hydrogen-bond acceptors (Lipinski definition) is 1. The second-order valence-electron chi connectivity index (χ2n) is 2.74. The van der Waals surface area contributed by atoms with Crippen LogP contribution in [0.2, 0.25) is 0 Å². The van der Waals surface area contributed by atoms with E-state index in [9.17, 15) is 0 Å². The SMILES string of the molecule is C=CC1=CC(C)[C@@H](C#N)C=C1. The van der Waals surface area contributed by atoms with Crippen molar-refractivity contribution in [3.63, 3.8) is 0 Å². The first-order valence-electron chi connectivity index (χ1n) is 3.70. The predicted octanol–water partition coefficient (Wildman–Crippen LogP) is 2.44. The lowest BCUT2D eigenvalue weighted by Crippen LogP contribution is -2.07. The van der Waals surface area contributed by atoms with Gasteiger partial charge in [-0.3, -0.25) is 0 Å².